The van der Waals surface area contributed by atoms with Crippen molar-refractivity contribution in [3.8, 4) is 22.6 Å². The molecule has 0 amide bonds. The largest absolute Gasteiger partial charge is 0.504 e. The van der Waals surface area contributed by atoms with Gasteiger partial charge in [-0.25, -0.2) is 4.39 Å². The van der Waals surface area contributed by atoms with Gasteiger partial charge in [-0.3, -0.25) is 4.98 Å². The van der Waals surface area contributed by atoms with Crippen molar-refractivity contribution in [3.05, 3.63) is 76.9 Å². The first-order valence-corrected chi connectivity index (χ1v) is 11.0. The molecule has 7 rings (SSSR count). The molecule has 3 heterocycles. The van der Waals surface area contributed by atoms with Gasteiger partial charge in [-0.15, -0.1) is 0 Å². The molecule has 4 aliphatic rings. The Morgan fingerprint density at radius 2 is 2.03 bits per heavy atom. The minimum absolute atomic E-state index is 0.141. The van der Waals surface area contributed by atoms with Crippen molar-refractivity contribution in [1.29, 1.82) is 0 Å². The number of ether oxygens (including phenoxy) is 1. The van der Waals surface area contributed by atoms with Crippen molar-refractivity contribution in [3.63, 3.8) is 0 Å². The van der Waals surface area contributed by atoms with E-state index in [2.05, 4.69) is 24.1 Å². The lowest BCUT2D eigenvalue weighted by Crippen LogP contribution is -2.62. The highest BCUT2D eigenvalue weighted by Gasteiger charge is 2.64. The molecule has 0 radical (unpaired) electrons. The lowest BCUT2D eigenvalue weighted by molar-refractivity contribution is -0.0260. The number of hydrogen-bond acceptors (Lipinski definition) is 4. The predicted octanol–water partition coefficient (Wildman–Crippen LogP) is 4.40. The summed E-state index contributed by atoms with van der Waals surface area (Å²) >= 11 is 0. The molecule has 1 spiro atoms. The molecular formula is C26H23FN2O2. The fraction of sp³-hybridized carbons (Fsp3) is 0.346. The third-order valence-corrected chi connectivity index (χ3v) is 8.27. The van der Waals surface area contributed by atoms with Gasteiger partial charge in [0.1, 0.15) is 5.82 Å². The molecule has 2 bridgehead atoms. The third-order valence-electron chi connectivity index (χ3n) is 8.27. The van der Waals surface area contributed by atoms with Crippen LogP contribution in [0.15, 0.2) is 48.7 Å². The maximum atomic E-state index is 14.4. The molecule has 1 N–H and O–H groups in total. The highest BCUT2D eigenvalue weighted by molar-refractivity contribution is 5.66. The topological polar surface area (TPSA) is 45.6 Å². The van der Waals surface area contributed by atoms with Crippen LogP contribution >= 0.6 is 0 Å². The third kappa shape index (κ3) is 2.10. The van der Waals surface area contributed by atoms with E-state index in [1.165, 1.54) is 17.2 Å². The minimum atomic E-state index is -0.232. The van der Waals surface area contributed by atoms with Crippen LogP contribution in [0.5, 0.6) is 11.5 Å². The Kier molecular flexibility index (Phi) is 3.35. The van der Waals surface area contributed by atoms with Gasteiger partial charge in [0.15, 0.2) is 17.6 Å². The lowest BCUT2D eigenvalue weighted by Gasteiger charge is -2.57. The zero-order valence-corrected chi connectivity index (χ0v) is 17.3. The Morgan fingerprint density at radius 3 is 2.90 bits per heavy atom. The molecule has 5 heteroatoms. The van der Waals surface area contributed by atoms with Crippen LogP contribution in [0.1, 0.15) is 34.9 Å². The van der Waals surface area contributed by atoms with Crippen molar-refractivity contribution < 1.29 is 14.2 Å². The van der Waals surface area contributed by atoms with Crippen LogP contribution in [-0.4, -0.2) is 34.6 Å². The average molecular weight is 414 g/mol. The zero-order chi connectivity index (χ0) is 20.9. The van der Waals surface area contributed by atoms with Gasteiger partial charge in [0.25, 0.3) is 0 Å². The normalized spacial score (nSPS) is 29.8. The molecule has 4 nitrogen and oxygen atoms in total. The number of likely N-dealkylation sites (tertiary alicyclic amines) is 1. The van der Waals surface area contributed by atoms with Gasteiger partial charge in [0, 0.05) is 34.3 Å². The maximum absolute atomic E-state index is 14.4. The zero-order valence-electron chi connectivity index (χ0n) is 17.3. The summed E-state index contributed by atoms with van der Waals surface area (Å²) in [7, 11) is 2.22. The summed E-state index contributed by atoms with van der Waals surface area (Å²) in [5.74, 6) is 1.04. The van der Waals surface area contributed by atoms with Gasteiger partial charge in [-0.05, 0) is 68.1 Å². The first-order valence-electron chi connectivity index (χ1n) is 11.0. The average Bonchev–Trinajstić information content (AvgIpc) is 3.13. The number of phenols is 1. The standard InChI is InChI=1S/C26H23FN2O2/c1-29-9-8-26-18-11-15-10-16(17-4-2-3-5-19(17)27)13-28-23(15)25(26)31-24-21(30)7-6-14(22(24)26)12-20(18)29/h2-7,10,13,18,20,25,30H,8-9,11-12H2,1H3/t18-,20+,25-,26-/m0/s1. The second-order valence-corrected chi connectivity index (χ2v) is 9.55. The summed E-state index contributed by atoms with van der Waals surface area (Å²) < 4.78 is 21.0. The summed E-state index contributed by atoms with van der Waals surface area (Å²) in [6.45, 7) is 1.01. The molecule has 0 unspecified atom stereocenters. The molecule has 31 heavy (non-hydrogen) atoms. The van der Waals surface area contributed by atoms with Crippen molar-refractivity contribution in [2.24, 2.45) is 5.92 Å². The van der Waals surface area contributed by atoms with Crippen LogP contribution in [0, 0.1) is 11.7 Å². The Labute approximate surface area is 180 Å². The van der Waals surface area contributed by atoms with Crippen LogP contribution < -0.4 is 4.74 Å². The summed E-state index contributed by atoms with van der Waals surface area (Å²) in [4.78, 5) is 7.34. The van der Waals surface area contributed by atoms with E-state index in [9.17, 15) is 9.50 Å². The highest BCUT2D eigenvalue weighted by Crippen LogP contribution is 2.66. The predicted molar refractivity (Wildman–Crippen MR) is 115 cm³/mol. The maximum Gasteiger partial charge on any atom is 0.166 e. The van der Waals surface area contributed by atoms with E-state index >= 15 is 0 Å². The van der Waals surface area contributed by atoms with E-state index in [0.717, 1.165) is 42.6 Å². The minimum Gasteiger partial charge on any atom is -0.504 e. The Hall–Kier alpha value is -2.92. The number of nitrogens with zero attached hydrogens (tertiary/aromatic N) is 2. The van der Waals surface area contributed by atoms with Crippen LogP contribution in [0.4, 0.5) is 4.39 Å². The van der Waals surface area contributed by atoms with Gasteiger partial charge < -0.3 is 14.7 Å². The second kappa shape index (κ2) is 5.86. The number of fused-ring (bicyclic) bond motifs is 2. The van der Waals surface area contributed by atoms with Gasteiger partial charge >= 0.3 is 0 Å². The van der Waals surface area contributed by atoms with Crippen LogP contribution in [0.3, 0.4) is 0 Å². The van der Waals surface area contributed by atoms with E-state index < -0.39 is 0 Å². The fourth-order valence-corrected chi connectivity index (χ4v) is 6.91. The molecule has 156 valence electrons. The van der Waals surface area contributed by atoms with Crippen LogP contribution in [0.25, 0.3) is 11.1 Å². The second-order valence-electron chi connectivity index (χ2n) is 9.55. The summed E-state index contributed by atoms with van der Waals surface area (Å²) in [5.41, 5.74) is 5.85. The number of aromatic hydroxyl groups is 1. The van der Waals surface area contributed by atoms with Crippen molar-refractivity contribution in [2.75, 3.05) is 13.6 Å². The molecule has 3 aromatic rings. The first kappa shape index (κ1) is 17.7. The summed E-state index contributed by atoms with van der Waals surface area (Å²) in [6.07, 6.45) is 4.44. The first-order chi connectivity index (χ1) is 15.1. The Bertz CT molecular complexity index is 1260. The van der Waals surface area contributed by atoms with E-state index in [0.29, 0.717) is 23.3 Å². The molecule has 0 saturated carbocycles. The van der Waals surface area contributed by atoms with Crippen molar-refractivity contribution in [1.82, 2.24) is 9.88 Å². The number of rotatable bonds is 1. The quantitative estimate of drug-likeness (QED) is 0.641. The molecular weight excluding hydrogens is 391 g/mol. The number of piperidine rings is 1. The number of pyridine rings is 1. The SMILES string of the molecule is CN1CC[C@]23c4c5ccc(O)c4O[C@H]2c2ncc(-c4ccccc4F)cc2C[C@H]3[C@H]1C5. The van der Waals surface area contributed by atoms with Gasteiger partial charge in [0.05, 0.1) is 5.69 Å². The van der Waals surface area contributed by atoms with E-state index in [-0.39, 0.29) is 23.1 Å². The van der Waals surface area contributed by atoms with Gasteiger partial charge in [-0.2, -0.15) is 0 Å². The summed E-state index contributed by atoms with van der Waals surface area (Å²) in [6, 6.07) is 13.2. The Balaban J connectivity index is 1.45. The lowest BCUT2D eigenvalue weighted by atomic mass is 9.51. The molecule has 1 aromatic heterocycles. The smallest absolute Gasteiger partial charge is 0.166 e. The number of phenolic OH excluding ortho intramolecular Hbond substituents is 1. The van der Waals surface area contributed by atoms with Crippen LogP contribution in [0.2, 0.25) is 0 Å². The molecule has 2 aromatic carbocycles. The number of likely N-dealkylation sites (N-methyl/N-ethyl adjacent to an activating group) is 1. The summed E-state index contributed by atoms with van der Waals surface area (Å²) in [5, 5.41) is 10.6. The number of hydrogen-bond donors (Lipinski definition) is 1. The number of benzene rings is 2. The Morgan fingerprint density at radius 1 is 1.16 bits per heavy atom. The van der Waals surface area contributed by atoms with E-state index in [4.69, 9.17) is 9.72 Å². The highest BCUT2D eigenvalue weighted by atomic mass is 19.1. The molecule has 2 aliphatic heterocycles. The monoisotopic (exact) mass is 414 g/mol. The number of aromatic nitrogens is 1. The molecule has 4 atom stereocenters. The molecule has 1 fully saturated rings. The van der Waals surface area contributed by atoms with Crippen molar-refractivity contribution in [2.45, 2.75) is 36.8 Å². The fourth-order valence-electron chi connectivity index (χ4n) is 6.91. The van der Waals surface area contributed by atoms with E-state index in [1.807, 2.05) is 6.07 Å². The van der Waals surface area contributed by atoms with Crippen LogP contribution in [-0.2, 0) is 18.3 Å². The number of halogens is 1. The van der Waals surface area contributed by atoms with E-state index in [1.54, 1.807) is 24.4 Å². The van der Waals surface area contributed by atoms with Gasteiger partial charge in [0.2, 0.25) is 0 Å². The molecule has 1 saturated heterocycles. The molecule has 2 aliphatic carbocycles. The van der Waals surface area contributed by atoms with Gasteiger partial charge in [-0.1, -0.05) is 24.3 Å². The van der Waals surface area contributed by atoms with Crippen molar-refractivity contribution >= 4 is 0 Å².